The van der Waals surface area contributed by atoms with Gasteiger partial charge in [-0.1, -0.05) is 30.3 Å². The minimum Gasteiger partial charge on any atom is -0.419 e. The molecular formula is C26H28N6O3S. The van der Waals surface area contributed by atoms with Crippen LogP contribution in [-0.4, -0.2) is 37.1 Å². The molecule has 10 heteroatoms. The Bertz CT molecular complexity index is 1460. The average molecular weight is 505 g/mol. The molecule has 0 aliphatic carbocycles. The highest BCUT2D eigenvalue weighted by atomic mass is 32.1. The molecule has 2 N–H and O–H groups in total. The van der Waals surface area contributed by atoms with Gasteiger partial charge in [0.2, 0.25) is 11.8 Å². The first kappa shape index (κ1) is 24.1. The number of pyridine rings is 1. The van der Waals surface area contributed by atoms with Crippen molar-refractivity contribution < 1.29 is 9.21 Å². The van der Waals surface area contributed by atoms with Gasteiger partial charge in [-0.25, -0.2) is 4.98 Å². The highest BCUT2D eigenvalue weighted by molar-refractivity contribution is 7.09. The summed E-state index contributed by atoms with van der Waals surface area (Å²) in [4.78, 5) is 32.8. The lowest BCUT2D eigenvalue weighted by molar-refractivity contribution is 0.0724. The molecule has 0 saturated carbocycles. The Morgan fingerprint density at radius 2 is 2.03 bits per heavy atom. The van der Waals surface area contributed by atoms with Crippen LogP contribution in [0.25, 0.3) is 11.5 Å². The highest BCUT2D eigenvalue weighted by Crippen LogP contribution is 2.35. The third-order valence-electron chi connectivity index (χ3n) is 6.49. The fourth-order valence-corrected chi connectivity index (χ4v) is 5.51. The zero-order chi connectivity index (χ0) is 25.4. The van der Waals surface area contributed by atoms with Crippen molar-refractivity contribution >= 4 is 17.2 Å². The molecule has 3 aromatic heterocycles. The van der Waals surface area contributed by atoms with E-state index in [9.17, 15) is 9.59 Å². The van der Waals surface area contributed by atoms with Gasteiger partial charge in [0, 0.05) is 36.3 Å². The molecule has 1 aromatic carbocycles. The zero-order valence-electron chi connectivity index (χ0n) is 20.5. The number of likely N-dealkylation sites (tertiary alicyclic amines) is 1. The van der Waals surface area contributed by atoms with Gasteiger partial charge in [-0.3, -0.25) is 9.59 Å². The second-order valence-corrected chi connectivity index (χ2v) is 10.4. The molecule has 0 unspecified atom stereocenters. The first-order chi connectivity index (χ1) is 17.2. The maximum Gasteiger partial charge on any atom is 0.271 e. The molecule has 36 heavy (non-hydrogen) atoms. The van der Waals surface area contributed by atoms with Gasteiger partial charge in [-0.15, -0.1) is 21.5 Å². The molecule has 186 valence electrons. The molecule has 5 rings (SSSR count). The van der Waals surface area contributed by atoms with Crippen LogP contribution in [0.15, 0.2) is 57.1 Å². The normalized spacial score (nSPS) is 17.3. The summed E-state index contributed by atoms with van der Waals surface area (Å²) in [6.45, 7) is 4.37. The average Bonchev–Trinajstić information content (AvgIpc) is 3.61. The summed E-state index contributed by atoms with van der Waals surface area (Å²) < 4.78 is 7.28. The summed E-state index contributed by atoms with van der Waals surface area (Å²) in [5, 5.41) is 11.2. The third kappa shape index (κ3) is 4.61. The van der Waals surface area contributed by atoms with Crippen molar-refractivity contribution in [2.75, 3.05) is 6.54 Å². The lowest BCUT2D eigenvalue weighted by Crippen LogP contribution is -2.35. The van der Waals surface area contributed by atoms with Gasteiger partial charge in [0.15, 0.2) is 0 Å². The summed E-state index contributed by atoms with van der Waals surface area (Å²) in [6.07, 6.45) is 2.23. The van der Waals surface area contributed by atoms with E-state index < -0.39 is 5.54 Å². The van der Waals surface area contributed by atoms with Gasteiger partial charge in [0.05, 0.1) is 11.6 Å². The number of nitrogens with zero attached hydrogens (tertiary/aromatic N) is 5. The van der Waals surface area contributed by atoms with E-state index in [4.69, 9.17) is 10.2 Å². The van der Waals surface area contributed by atoms with Crippen LogP contribution in [-0.2, 0) is 19.0 Å². The Morgan fingerprint density at radius 1 is 1.25 bits per heavy atom. The Kier molecular flexibility index (Phi) is 6.31. The second kappa shape index (κ2) is 9.44. The standard InChI is InChI=1S/C26H28N6O3S/c1-16-15-36-23(28-16)19-10-7-11-32(19)24(34)20-12-18(13-21(33)31(20)3)22-29-30-25(35-22)26(2,27)14-17-8-5-4-6-9-17/h4-6,8-9,12-13,15,19H,7,10-11,14,27H2,1-3H3/t19-,26-/m1/s1. The summed E-state index contributed by atoms with van der Waals surface area (Å²) in [5.41, 5.74) is 7.91. The number of benzene rings is 1. The first-order valence-electron chi connectivity index (χ1n) is 11.8. The molecule has 0 spiro atoms. The Labute approximate surface area is 212 Å². The van der Waals surface area contributed by atoms with E-state index in [2.05, 4.69) is 15.2 Å². The number of carbonyl (C=O) groups is 1. The molecule has 4 heterocycles. The molecule has 1 aliphatic heterocycles. The number of thiazole rings is 1. The highest BCUT2D eigenvalue weighted by Gasteiger charge is 2.34. The largest absolute Gasteiger partial charge is 0.419 e. The summed E-state index contributed by atoms with van der Waals surface area (Å²) >= 11 is 1.56. The maximum atomic E-state index is 13.6. The third-order valence-corrected chi connectivity index (χ3v) is 7.56. The SMILES string of the molecule is Cc1csc([C@H]2CCCN2C(=O)c2cc(-c3nnc([C@](C)(N)Cc4ccccc4)o3)cc(=O)n2C)n1. The number of hydrogen-bond acceptors (Lipinski definition) is 8. The van der Waals surface area contributed by atoms with Crippen LogP contribution in [0.1, 0.15) is 58.5 Å². The number of carbonyl (C=O) groups excluding carboxylic acids is 1. The molecule has 4 aromatic rings. The monoisotopic (exact) mass is 504 g/mol. The van der Waals surface area contributed by atoms with Gasteiger partial charge in [0.25, 0.3) is 11.5 Å². The van der Waals surface area contributed by atoms with Crippen molar-refractivity contribution in [2.24, 2.45) is 12.8 Å². The minimum atomic E-state index is -0.903. The van der Waals surface area contributed by atoms with E-state index in [1.54, 1.807) is 29.4 Å². The van der Waals surface area contributed by atoms with E-state index >= 15 is 0 Å². The predicted molar refractivity (Wildman–Crippen MR) is 137 cm³/mol. The second-order valence-electron chi connectivity index (χ2n) is 9.50. The van der Waals surface area contributed by atoms with Gasteiger partial charge < -0.3 is 19.6 Å². The van der Waals surface area contributed by atoms with Gasteiger partial charge in [0.1, 0.15) is 10.7 Å². The van der Waals surface area contributed by atoms with E-state index in [-0.39, 0.29) is 35.0 Å². The Morgan fingerprint density at radius 3 is 2.75 bits per heavy atom. The lowest BCUT2D eigenvalue weighted by Gasteiger charge is -2.24. The van der Waals surface area contributed by atoms with E-state index in [0.717, 1.165) is 29.1 Å². The molecule has 1 saturated heterocycles. The Balaban J connectivity index is 1.44. The van der Waals surface area contributed by atoms with Crippen LogP contribution in [0.5, 0.6) is 0 Å². The van der Waals surface area contributed by atoms with Crippen LogP contribution in [0.4, 0.5) is 0 Å². The van der Waals surface area contributed by atoms with Crippen molar-refractivity contribution in [1.82, 2.24) is 24.6 Å². The van der Waals surface area contributed by atoms with E-state index in [0.29, 0.717) is 18.5 Å². The quantitative estimate of drug-likeness (QED) is 0.426. The van der Waals surface area contributed by atoms with E-state index in [1.165, 1.54) is 10.6 Å². The molecule has 0 bridgehead atoms. The summed E-state index contributed by atoms with van der Waals surface area (Å²) in [5.74, 6) is 0.183. The lowest BCUT2D eigenvalue weighted by atomic mass is 9.94. The molecular weight excluding hydrogens is 476 g/mol. The fourth-order valence-electron chi connectivity index (χ4n) is 4.57. The van der Waals surface area contributed by atoms with Crippen molar-refractivity contribution in [2.45, 2.75) is 44.7 Å². The summed E-state index contributed by atoms with van der Waals surface area (Å²) in [6, 6.07) is 12.7. The number of nitrogens with two attached hydrogens (primary N) is 1. The number of rotatable bonds is 6. The maximum absolute atomic E-state index is 13.6. The van der Waals surface area contributed by atoms with Crippen molar-refractivity contribution in [1.29, 1.82) is 0 Å². The minimum absolute atomic E-state index is 0.0964. The number of amides is 1. The topological polar surface area (TPSA) is 120 Å². The number of hydrogen-bond donors (Lipinski definition) is 1. The van der Waals surface area contributed by atoms with Crippen molar-refractivity contribution in [3.8, 4) is 11.5 Å². The van der Waals surface area contributed by atoms with Crippen molar-refractivity contribution in [3.63, 3.8) is 0 Å². The Hall–Kier alpha value is -3.63. The fraction of sp³-hybridized carbons (Fsp3) is 0.346. The van der Waals surface area contributed by atoms with Crippen LogP contribution < -0.4 is 11.3 Å². The smallest absolute Gasteiger partial charge is 0.271 e. The van der Waals surface area contributed by atoms with Crippen LogP contribution in [0, 0.1) is 6.92 Å². The molecule has 2 atom stereocenters. The van der Waals surface area contributed by atoms with Gasteiger partial charge in [-0.2, -0.15) is 0 Å². The molecule has 1 aliphatic rings. The van der Waals surface area contributed by atoms with Gasteiger partial charge >= 0.3 is 0 Å². The number of aromatic nitrogens is 4. The van der Waals surface area contributed by atoms with Gasteiger partial charge in [-0.05, 0) is 44.7 Å². The summed E-state index contributed by atoms with van der Waals surface area (Å²) in [7, 11) is 1.59. The first-order valence-corrected chi connectivity index (χ1v) is 12.7. The molecule has 0 radical (unpaired) electrons. The molecule has 1 fully saturated rings. The zero-order valence-corrected chi connectivity index (χ0v) is 21.3. The van der Waals surface area contributed by atoms with Crippen LogP contribution in [0.3, 0.4) is 0 Å². The van der Waals surface area contributed by atoms with Crippen molar-refractivity contribution in [3.05, 3.63) is 86.0 Å². The predicted octanol–water partition coefficient (Wildman–Crippen LogP) is 3.59. The molecule has 1 amide bonds. The van der Waals surface area contributed by atoms with E-state index in [1.807, 2.05) is 49.6 Å². The molecule has 9 nitrogen and oxygen atoms in total. The van der Waals surface area contributed by atoms with Crippen LogP contribution in [0.2, 0.25) is 0 Å². The number of aryl methyl sites for hydroxylation is 1. The van der Waals surface area contributed by atoms with Crippen LogP contribution >= 0.6 is 11.3 Å².